The van der Waals surface area contributed by atoms with Crippen LogP contribution in [0.5, 0.6) is 0 Å². The number of carbonyl (C=O) groups is 3. The van der Waals surface area contributed by atoms with E-state index in [1.807, 2.05) is 36.4 Å². The van der Waals surface area contributed by atoms with Crippen LogP contribution in [-0.2, 0) is 20.8 Å². The van der Waals surface area contributed by atoms with Gasteiger partial charge in [-0.05, 0) is 44.1 Å². The first kappa shape index (κ1) is 18.4. The van der Waals surface area contributed by atoms with E-state index in [0.717, 1.165) is 12.8 Å². The molecule has 1 aliphatic carbocycles. The van der Waals surface area contributed by atoms with Crippen molar-refractivity contribution >= 4 is 17.7 Å². The van der Waals surface area contributed by atoms with Gasteiger partial charge in [-0.1, -0.05) is 36.4 Å². The number of benzene rings is 1. The summed E-state index contributed by atoms with van der Waals surface area (Å²) in [5, 5.41) is 9.30. The van der Waals surface area contributed by atoms with Crippen molar-refractivity contribution in [2.45, 2.75) is 51.0 Å². The number of hydrogen-bond donors (Lipinski definition) is 1. The molecule has 1 saturated heterocycles. The highest BCUT2D eigenvalue weighted by molar-refractivity contribution is 6.02. The number of likely N-dealkylation sites (tertiary alicyclic amines) is 1. The van der Waals surface area contributed by atoms with Crippen molar-refractivity contribution in [1.82, 2.24) is 4.90 Å². The van der Waals surface area contributed by atoms with E-state index in [2.05, 4.69) is 0 Å². The molecule has 1 aromatic rings. The largest absolute Gasteiger partial charge is 0.480 e. The van der Waals surface area contributed by atoms with Crippen LogP contribution in [0.2, 0.25) is 0 Å². The van der Waals surface area contributed by atoms with Gasteiger partial charge >= 0.3 is 5.97 Å². The van der Waals surface area contributed by atoms with Gasteiger partial charge in [-0.2, -0.15) is 0 Å². The molecule has 1 amide bonds. The quantitative estimate of drug-likeness (QED) is 0.816. The van der Waals surface area contributed by atoms with Gasteiger partial charge in [-0.15, -0.1) is 0 Å². The van der Waals surface area contributed by atoms with Crippen molar-refractivity contribution in [2.24, 2.45) is 5.92 Å². The van der Waals surface area contributed by atoms with Crippen LogP contribution in [-0.4, -0.2) is 40.3 Å². The van der Waals surface area contributed by atoms with Gasteiger partial charge in [0, 0.05) is 18.5 Å². The van der Waals surface area contributed by atoms with Crippen LogP contribution in [0.3, 0.4) is 0 Å². The van der Waals surface area contributed by atoms with Crippen molar-refractivity contribution in [1.29, 1.82) is 0 Å². The number of aryl methyl sites for hydroxylation is 1. The Hall–Kier alpha value is -2.43. The summed E-state index contributed by atoms with van der Waals surface area (Å²) in [6.07, 6.45) is 6.42. The Morgan fingerprint density at radius 2 is 1.88 bits per heavy atom. The van der Waals surface area contributed by atoms with Gasteiger partial charge in [0.25, 0.3) is 0 Å². The molecule has 1 fully saturated rings. The lowest BCUT2D eigenvalue weighted by atomic mass is 9.93. The molecular weight excluding hydrogens is 330 g/mol. The maximum atomic E-state index is 12.8. The van der Waals surface area contributed by atoms with Crippen LogP contribution < -0.4 is 0 Å². The highest BCUT2D eigenvalue weighted by atomic mass is 16.4. The minimum atomic E-state index is -0.950. The number of amides is 1. The molecule has 0 radical (unpaired) electrons. The number of ketones is 1. The SMILES string of the molecule is O=C(CCCc1ccccc1)C1=CCCC1C(=O)N1CCC[C@H]1C(=O)O. The Balaban J connectivity index is 1.58. The Labute approximate surface area is 153 Å². The second-order valence-corrected chi connectivity index (χ2v) is 7.08. The summed E-state index contributed by atoms with van der Waals surface area (Å²) in [4.78, 5) is 38.3. The summed E-state index contributed by atoms with van der Waals surface area (Å²) in [6.45, 7) is 0.474. The lowest BCUT2D eigenvalue weighted by Gasteiger charge is -2.25. The van der Waals surface area contributed by atoms with Gasteiger partial charge < -0.3 is 10.0 Å². The fraction of sp³-hybridized carbons (Fsp3) is 0.476. The van der Waals surface area contributed by atoms with E-state index in [1.165, 1.54) is 10.5 Å². The molecule has 3 rings (SSSR count). The van der Waals surface area contributed by atoms with Gasteiger partial charge in [-0.25, -0.2) is 4.79 Å². The van der Waals surface area contributed by atoms with Crippen LogP contribution >= 0.6 is 0 Å². The van der Waals surface area contributed by atoms with E-state index in [0.29, 0.717) is 44.2 Å². The van der Waals surface area contributed by atoms with Gasteiger partial charge in [0.2, 0.25) is 5.91 Å². The van der Waals surface area contributed by atoms with E-state index in [-0.39, 0.29) is 11.7 Å². The number of carbonyl (C=O) groups excluding carboxylic acids is 2. The smallest absolute Gasteiger partial charge is 0.326 e. The van der Waals surface area contributed by atoms with Gasteiger partial charge in [0.15, 0.2) is 5.78 Å². The third-order valence-corrected chi connectivity index (χ3v) is 5.35. The minimum absolute atomic E-state index is 0.0304. The van der Waals surface area contributed by atoms with E-state index in [1.54, 1.807) is 0 Å². The molecule has 1 unspecified atom stereocenters. The zero-order valence-electron chi connectivity index (χ0n) is 14.9. The van der Waals surface area contributed by atoms with E-state index in [9.17, 15) is 19.5 Å². The molecule has 0 spiro atoms. The molecule has 1 heterocycles. The highest BCUT2D eigenvalue weighted by Gasteiger charge is 2.40. The number of Topliss-reactive ketones (excluding diaryl/α,β-unsaturated/α-hetero) is 1. The number of allylic oxidation sites excluding steroid dienone is 1. The van der Waals surface area contributed by atoms with Crippen LogP contribution in [0.4, 0.5) is 0 Å². The zero-order chi connectivity index (χ0) is 18.5. The summed E-state index contributed by atoms with van der Waals surface area (Å²) in [6, 6.07) is 9.30. The molecule has 0 saturated carbocycles. The molecule has 2 aliphatic rings. The first-order chi connectivity index (χ1) is 12.6. The maximum Gasteiger partial charge on any atom is 0.326 e. The minimum Gasteiger partial charge on any atom is -0.480 e. The predicted molar refractivity (Wildman–Crippen MR) is 97.6 cm³/mol. The Morgan fingerprint density at radius 3 is 2.62 bits per heavy atom. The number of aliphatic carboxylic acids is 1. The lowest BCUT2D eigenvalue weighted by molar-refractivity contribution is -0.149. The molecule has 1 N–H and O–H groups in total. The lowest BCUT2D eigenvalue weighted by Crippen LogP contribution is -2.44. The van der Waals surface area contributed by atoms with E-state index in [4.69, 9.17) is 0 Å². The monoisotopic (exact) mass is 355 g/mol. The van der Waals surface area contributed by atoms with Crippen molar-refractivity contribution in [3.05, 3.63) is 47.5 Å². The van der Waals surface area contributed by atoms with Crippen LogP contribution in [0.15, 0.2) is 42.0 Å². The van der Waals surface area contributed by atoms with Gasteiger partial charge in [-0.3, -0.25) is 9.59 Å². The average molecular weight is 355 g/mol. The fourth-order valence-electron chi connectivity index (χ4n) is 4.00. The third-order valence-electron chi connectivity index (χ3n) is 5.35. The zero-order valence-corrected chi connectivity index (χ0v) is 14.9. The molecule has 26 heavy (non-hydrogen) atoms. The summed E-state index contributed by atoms with van der Waals surface area (Å²) in [5.74, 6) is -1.56. The predicted octanol–water partition coefficient (Wildman–Crippen LogP) is 2.99. The molecular formula is C21H25NO4. The maximum absolute atomic E-state index is 12.8. The topological polar surface area (TPSA) is 74.7 Å². The molecule has 0 bridgehead atoms. The Bertz CT molecular complexity index is 710. The van der Waals surface area contributed by atoms with E-state index < -0.39 is 17.9 Å². The van der Waals surface area contributed by atoms with Crippen LogP contribution in [0.25, 0.3) is 0 Å². The first-order valence-electron chi connectivity index (χ1n) is 9.38. The summed E-state index contributed by atoms with van der Waals surface area (Å²) < 4.78 is 0. The van der Waals surface area contributed by atoms with E-state index >= 15 is 0 Å². The third kappa shape index (κ3) is 4.03. The number of carboxylic acid groups (broad SMARTS) is 1. The normalized spacial score (nSPS) is 22.3. The Morgan fingerprint density at radius 1 is 1.12 bits per heavy atom. The average Bonchev–Trinajstić information content (AvgIpc) is 3.31. The van der Waals surface area contributed by atoms with Gasteiger partial charge in [0.05, 0.1) is 5.92 Å². The summed E-state index contributed by atoms with van der Waals surface area (Å²) >= 11 is 0. The summed E-state index contributed by atoms with van der Waals surface area (Å²) in [7, 11) is 0. The highest BCUT2D eigenvalue weighted by Crippen LogP contribution is 2.32. The van der Waals surface area contributed by atoms with Crippen molar-refractivity contribution in [2.75, 3.05) is 6.54 Å². The number of nitrogens with zero attached hydrogens (tertiary/aromatic N) is 1. The molecule has 5 heteroatoms. The van der Waals surface area contributed by atoms with Crippen LogP contribution in [0.1, 0.15) is 44.1 Å². The molecule has 1 aromatic carbocycles. The number of hydrogen-bond acceptors (Lipinski definition) is 3. The van der Waals surface area contributed by atoms with Crippen molar-refractivity contribution < 1.29 is 19.5 Å². The summed E-state index contributed by atoms with van der Waals surface area (Å²) in [5.41, 5.74) is 1.80. The fourth-order valence-corrected chi connectivity index (χ4v) is 4.00. The Kier molecular flexibility index (Phi) is 5.86. The second kappa shape index (κ2) is 8.30. The number of carboxylic acids is 1. The molecule has 138 valence electrons. The second-order valence-electron chi connectivity index (χ2n) is 7.08. The number of rotatable bonds is 7. The molecule has 5 nitrogen and oxygen atoms in total. The van der Waals surface area contributed by atoms with Crippen molar-refractivity contribution in [3.8, 4) is 0 Å². The van der Waals surface area contributed by atoms with Crippen LogP contribution in [0, 0.1) is 5.92 Å². The first-order valence-corrected chi connectivity index (χ1v) is 9.38. The van der Waals surface area contributed by atoms with Crippen molar-refractivity contribution in [3.63, 3.8) is 0 Å². The molecule has 0 aromatic heterocycles. The molecule has 2 atom stereocenters. The van der Waals surface area contributed by atoms with Gasteiger partial charge in [0.1, 0.15) is 6.04 Å². The standard InChI is InChI=1S/C21H25NO4/c23-19(13-4-9-15-7-2-1-3-8-15)16-10-5-11-17(16)20(24)22-14-6-12-18(22)21(25)26/h1-3,7-8,10,17-18H,4-6,9,11-14H2,(H,25,26)/t17?,18-/m0/s1. The molecule has 1 aliphatic heterocycles.